The fourth-order valence-corrected chi connectivity index (χ4v) is 2.61. The van der Waals surface area contributed by atoms with Crippen molar-refractivity contribution in [3.63, 3.8) is 0 Å². The van der Waals surface area contributed by atoms with E-state index in [0.29, 0.717) is 0 Å². The summed E-state index contributed by atoms with van der Waals surface area (Å²) in [5.41, 5.74) is 1.36. The van der Waals surface area contributed by atoms with Crippen LogP contribution in [0.3, 0.4) is 0 Å². The third-order valence-electron chi connectivity index (χ3n) is 3.34. The lowest BCUT2D eigenvalue weighted by atomic mass is 9.76. The van der Waals surface area contributed by atoms with E-state index in [-0.39, 0.29) is 5.41 Å². The Bertz CT molecular complexity index is 388. The van der Waals surface area contributed by atoms with Gasteiger partial charge < -0.3 is 14.2 Å². The van der Waals surface area contributed by atoms with Crippen LogP contribution in [0.5, 0.6) is 11.5 Å². The highest BCUT2D eigenvalue weighted by Crippen LogP contribution is 2.39. The summed E-state index contributed by atoms with van der Waals surface area (Å²) in [6.45, 7) is 1.53. The van der Waals surface area contributed by atoms with E-state index >= 15 is 0 Å². The highest BCUT2D eigenvalue weighted by molar-refractivity contribution is 7.80. The van der Waals surface area contributed by atoms with Gasteiger partial charge in [-0.3, -0.25) is 0 Å². The maximum Gasteiger partial charge on any atom is 0.161 e. The highest BCUT2D eigenvalue weighted by atomic mass is 32.1. The molecule has 2 rings (SSSR count). The first-order chi connectivity index (χ1) is 8.25. The van der Waals surface area contributed by atoms with Crippen LogP contribution in [0, 0.1) is 0 Å². The zero-order valence-corrected chi connectivity index (χ0v) is 11.1. The topological polar surface area (TPSA) is 27.7 Å². The van der Waals surface area contributed by atoms with E-state index in [9.17, 15) is 0 Å². The lowest BCUT2D eigenvalue weighted by Gasteiger charge is -2.42. The molecule has 1 aliphatic heterocycles. The Morgan fingerprint density at radius 2 is 1.94 bits per heavy atom. The molecule has 0 aromatic heterocycles. The smallest absolute Gasteiger partial charge is 0.161 e. The molecule has 0 aliphatic carbocycles. The monoisotopic (exact) mass is 254 g/mol. The predicted octanol–water partition coefficient (Wildman–Crippen LogP) is 2.29. The van der Waals surface area contributed by atoms with Gasteiger partial charge in [0.15, 0.2) is 11.5 Å². The van der Waals surface area contributed by atoms with E-state index in [1.807, 2.05) is 12.1 Å². The maximum atomic E-state index is 5.37. The minimum atomic E-state index is 0.112. The Hall–Kier alpha value is -0.870. The molecule has 4 heteroatoms. The summed E-state index contributed by atoms with van der Waals surface area (Å²) in [7, 11) is 3.30. The zero-order chi connectivity index (χ0) is 12.3. The molecule has 0 N–H and O–H groups in total. The lowest BCUT2D eigenvalue weighted by Crippen LogP contribution is -2.47. The highest BCUT2D eigenvalue weighted by Gasteiger charge is 2.39. The Balaban J connectivity index is 2.32. The van der Waals surface area contributed by atoms with Crippen LogP contribution < -0.4 is 9.47 Å². The molecule has 3 nitrogen and oxygen atoms in total. The van der Waals surface area contributed by atoms with Gasteiger partial charge in [-0.25, -0.2) is 0 Å². The van der Waals surface area contributed by atoms with Gasteiger partial charge in [-0.2, -0.15) is 12.6 Å². The van der Waals surface area contributed by atoms with Crippen molar-refractivity contribution in [3.8, 4) is 11.5 Å². The third kappa shape index (κ3) is 2.24. The lowest BCUT2D eigenvalue weighted by molar-refractivity contribution is -0.0614. The second kappa shape index (κ2) is 5.19. The van der Waals surface area contributed by atoms with Gasteiger partial charge in [0.25, 0.3) is 0 Å². The largest absolute Gasteiger partial charge is 0.493 e. The number of hydrogen-bond acceptors (Lipinski definition) is 4. The van der Waals surface area contributed by atoms with Gasteiger partial charge in [0.05, 0.1) is 27.4 Å². The number of ether oxygens (including phenoxy) is 3. The van der Waals surface area contributed by atoms with Crippen LogP contribution in [-0.2, 0) is 10.2 Å². The van der Waals surface area contributed by atoms with Crippen LogP contribution >= 0.6 is 12.6 Å². The van der Waals surface area contributed by atoms with Gasteiger partial charge in [0.1, 0.15) is 0 Å². The van der Waals surface area contributed by atoms with Gasteiger partial charge in [-0.05, 0) is 29.9 Å². The van der Waals surface area contributed by atoms with Crippen molar-refractivity contribution >= 4 is 12.6 Å². The van der Waals surface area contributed by atoms with E-state index in [2.05, 4.69) is 18.7 Å². The van der Waals surface area contributed by atoms with Gasteiger partial charge in [-0.15, -0.1) is 0 Å². The summed E-state index contributed by atoms with van der Waals surface area (Å²) in [4.78, 5) is 0. The SMILES string of the molecule is COc1ccc(C2(CCS)COC2)cc1OC. The number of benzene rings is 1. The maximum absolute atomic E-state index is 5.37. The van der Waals surface area contributed by atoms with Crippen LogP contribution in [0.1, 0.15) is 12.0 Å². The van der Waals surface area contributed by atoms with Gasteiger partial charge in [0, 0.05) is 5.41 Å². The Morgan fingerprint density at radius 1 is 1.24 bits per heavy atom. The average molecular weight is 254 g/mol. The zero-order valence-electron chi connectivity index (χ0n) is 10.2. The predicted molar refractivity (Wildman–Crippen MR) is 70.5 cm³/mol. The van der Waals surface area contributed by atoms with Crippen LogP contribution in [0.15, 0.2) is 18.2 Å². The molecular formula is C13H18O3S. The number of rotatable bonds is 5. The molecule has 0 spiro atoms. The molecule has 1 saturated heterocycles. The van der Waals surface area contributed by atoms with Crippen LogP contribution in [0.2, 0.25) is 0 Å². The number of methoxy groups -OCH3 is 2. The summed E-state index contributed by atoms with van der Waals surface area (Å²) < 4.78 is 15.9. The minimum absolute atomic E-state index is 0.112. The summed E-state index contributed by atoms with van der Waals surface area (Å²) in [5, 5.41) is 0. The Morgan fingerprint density at radius 3 is 2.41 bits per heavy atom. The van der Waals surface area contributed by atoms with E-state index in [4.69, 9.17) is 14.2 Å². The van der Waals surface area contributed by atoms with Crippen molar-refractivity contribution in [3.05, 3.63) is 23.8 Å². The fourth-order valence-electron chi connectivity index (χ4n) is 2.18. The Labute approximate surface area is 107 Å². The van der Waals surface area contributed by atoms with Crippen LogP contribution in [-0.4, -0.2) is 33.2 Å². The fraction of sp³-hybridized carbons (Fsp3) is 0.538. The van der Waals surface area contributed by atoms with Crippen molar-refractivity contribution in [1.82, 2.24) is 0 Å². The molecule has 1 aromatic rings. The second-order valence-corrected chi connectivity index (χ2v) is 4.76. The number of thiol groups is 1. The van der Waals surface area contributed by atoms with Crippen molar-refractivity contribution in [2.75, 3.05) is 33.2 Å². The summed E-state index contributed by atoms with van der Waals surface area (Å²) in [6.07, 6.45) is 1.02. The quantitative estimate of drug-likeness (QED) is 0.817. The molecule has 0 atom stereocenters. The molecule has 1 aromatic carbocycles. The van der Waals surface area contributed by atoms with Crippen LogP contribution in [0.25, 0.3) is 0 Å². The van der Waals surface area contributed by atoms with Gasteiger partial charge in [-0.1, -0.05) is 6.07 Å². The molecule has 0 unspecified atom stereocenters. The van der Waals surface area contributed by atoms with Crippen LogP contribution in [0.4, 0.5) is 0 Å². The number of hydrogen-bond donors (Lipinski definition) is 1. The molecule has 1 fully saturated rings. The van der Waals surface area contributed by atoms with Crippen molar-refractivity contribution in [2.24, 2.45) is 0 Å². The molecule has 0 saturated carbocycles. The van der Waals surface area contributed by atoms with E-state index in [1.54, 1.807) is 14.2 Å². The molecule has 1 aliphatic rings. The molecule has 0 radical (unpaired) electrons. The Kier molecular flexibility index (Phi) is 3.84. The summed E-state index contributed by atoms with van der Waals surface area (Å²) in [6, 6.07) is 6.09. The van der Waals surface area contributed by atoms with Gasteiger partial charge in [0.2, 0.25) is 0 Å². The third-order valence-corrected chi connectivity index (χ3v) is 3.57. The summed E-state index contributed by atoms with van der Waals surface area (Å²) >= 11 is 4.33. The second-order valence-electron chi connectivity index (χ2n) is 4.32. The molecule has 94 valence electrons. The van der Waals surface area contributed by atoms with E-state index in [1.165, 1.54) is 5.56 Å². The first kappa shape index (κ1) is 12.6. The average Bonchev–Trinajstić information content (AvgIpc) is 2.33. The van der Waals surface area contributed by atoms with E-state index < -0.39 is 0 Å². The molecule has 0 amide bonds. The van der Waals surface area contributed by atoms with E-state index in [0.717, 1.165) is 36.9 Å². The first-order valence-electron chi connectivity index (χ1n) is 5.67. The first-order valence-corrected chi connectivity index (χ1v) is 6.30. The van der Waals surface area contributed by atoms with Gasteiger partial charge >= 0.3 is 0 Å². The molecule has 17 heavy (non-hydrogen) atoms. The minimum Gasteiger partial charge on any atom is -0.493 e. The van der Waals surface area contributed by atoms with Crippen molar-refractivity contribution < 1.29 is 14.2 Å². The molecular weight excluding hydrogens is 236 g/mol. The van der Waals surface area contributed by atoms with Crippen molar-refractivity contribution in [2.45, 2.75) is 11.8 Å². The molecule has 1 heterocycles. The standard InChI is InChI=1S/C13H18O3S/c1-14-11-4-3-10(7-12(11)15-2)13(5-6-17)8-16-9-13/h3-4,7,17H,5-6,8-9H2,1-2H3. The molecule has 0 bridgehead atoms. The summed E-state index contributed by atoms with van der Waals surface area (Å²) in [5.74, 6) is 2.39. The van der Waals surface area contributed by atoms with Crippen molar-refractivity contribution in [1.29, 1.82) is 0 Å². The normalized spacial score (nSPS) is 17.4.